The van der Waals surface area contributed by atoms with Crippen LogP contribution in [0.15, 0.2) is 12.7 Å². The van der Waals surface area contributed by atoms with Gasteiger partial charge in [0.25, 0.3) is 0 Å². The molecule has 0 aromatic heterocycles. The van der Waals surface area contributed by atoms with E-state index in [-0.39, 0.29) is 6.61 Å². The summed E-state index contributed by atoms with van der Waals surface area (Å²) in [5.41, 5.74) is -0.773. The first-order valence-corrected chi connectivity index (χ1v) is 9.95. The van der Waals surface area contributed by atoms with Crippen molar-refractivity contribution in [3.05, 3.63) is 12.7 Å². The van der Waals surface area contributed by atoms with Crippen molar-refractivity contribution in [3.8, 4) is 0 Å². The molecule has 3 fully saturated rings. The highest BCUT2D eigenvalue weighted by Gasteiger charge is 2.62. The second-order valence-electron chi connectivity index (χ2n) is 8.83. The van der Waals surface area contributed by atoms with Crippen LogP contribution in [-0.4, -0.2) is 72.3 Å². The Morgan fingerprint density at radius 3 is 2.72 bits per heavy atom. The van der Waals surface area contributed by atoms with E-state index in [1.54, 1.807) is 40.7 Å². The van der Waals surface area contributed by atoms with Gasteiger partial charge >= 0.3 is 12.2 Å². The quantitative estimate of drug-likeness (QED) is 0.502. The predicted molar refractivity (Wildman–Crippen MR) is 101 cm³/mol. The minimum atomic E-state index is -0.876. The normalized spacial score (nSPS) is 33.5. The number of imide groups is 1. The van der Waals surface area contributed by atoms with E-state index in [1.807, 2.05) is 0 Å². The van der Waals surface area contributed by atoms with Gasteiger partial charge in [0.1, 0.15) is 23.9 Å². The fourth-order valence-electron chi connectivity index (χ4n) is 3.59. The zero-order valence-electron chi connectivity index (χ0n) is 17.7. The molecular formula is C20H31NO8. The van der Waals surface area contributed by atoms with E-state index in [2.05, 4.69) is 6.58 Å². The number of fused-ring (bicyclic) bond motifs is 3. The Labute approximate surface area is 171 Å². The van der Waals surface area contributed by atoms with Crippen LogP contribution in [0.2, 0.25) is 0 Å². The van der Waals surface area contributed by atoms with Gasteiger partial charge in [0.2, 0.25) is 0 Å². The molecule has 3 aliphatic heterocycles. The summed E-state index contributed by atoms with van der Waals surface area (Å²) in [6.45, 7) is 13.1. The maximum Gasteiger partial charge on any atom is 0.420 e. The highest BCUT2D eigenvalue weighted by molar-refractivity contribution is 5.90. The molecule has 0 spiro atoms. The summed E-state index contributed by atoms with van der Waals surface area (Å²) in [4.78, 5) is 26.3. The fourth-order valence-corrected chi connectivity index (χ4v) is 3.59. The van der Waals surface area contributed by atoms with Gasteiger partial charge in [0.05, 0.1) is 13.2 Å². The molecule has 9 heteroatoms. The van der Waals surface area contributed by atoms with E-state index in [0.717, 1.165) is 17.7 Å². The molecule has 164 valence electrons. The van der Waals surface area contributed by atoms with Gasteiger partial charge in [-0.3, -0.25) is 0 Å². The number of rotatable bonds is 5. The van der Waals surface area contributed by atoms with E-state index in [1.165, 1.54) is 0 Å². The second-order valence-corrected chi connectivity index (χ2v) is 8.83. The molecule has 1 unspecified atom stereocenters. The number of amides is 2. The Morgan fingerprint density at radius 2 is 2.07 bits per heavy atom. The van der Waals surface area contributed by atoms with E-state index < -0.39 is 54.2 Å². The molecule has 3 aliphatic rings. The van der Waals surface area contributed by atoms with Gasteiger partial charge in [-0.05, 0) is 47.5 Å². The monoisotopic (exact) mass is 413 g/mol. The molecule has 0 aromatic rings. The summed E-state index contributed by atoms with van der Waals surface area (Å²) in [5, 5.41) is 0. The molecule has 29 heavy (non-hydrogen) atoms. The first kappa shape index (κ1) is 22.0. The van der Waals surface area contributed by atoms with Crippen LogP contribution in [0.3, 0.4) is 0 Å². The molecule has 0 N–H and O–H groups in total. The first-order chi connectivity index (χ1) is 13.5. The lowest BCUT2D eigenvalue weighted by Gasteiger charge is -2.48. The van der Waals surface area contributed by atoms with Gasteiger partial charge < -0.3 is 28.4 Å². The molecule has 0 radical (unpaired) electrons. The number of carbonyl (C=O) groups is 2. The molecule has 5 atom stereocenters. The average Bonchev–Trinajstić information content (AvgIpc) is 2.94. The van der Waals surface area contributed by atoms with Gasteiger partial charge in [-0.2, -0.15) is 4.90 Å². The van der Waals surface area contributed by atoms with Crippen LogP contribution in [0, 0.1) is 0 Å². The maximum atomic E-state index is 12.7. The number of ether oxygens (including phenoxy) is 6. The molecule has 9 nitrogen and oxygen atoms in total. The Bertz CT molecular complexity index is 643. The minimum Gasteiger partial charge on any atom is -0.443 e. The Balaban J connectivity index is 1.84. The highest BCUT2D eigenvalue weighted by atomic mass is 16.8. The topological polar surface area (TPSA) is 92.8 Å². The minimum absolute atomic E-state index is 0.261. The van der Waals surface area contributed by atoms with Crippen molar-refractivity contribution in [2.75, 3.05) is 13.2 Å². The average molecular weight is 413 g/mol. The molecule has 0 saturated carbocycles. The number of allylic oxidation sites excluding steroid dienone is 1. The fraction of sp³-hybridized carbons (Fsp3) is 0.800. The summed E-state index contributed by atoms with van der Waals surface area (Å²) < 4.78 is 34.6. The van der Waals surface area contributed by atoms with E-state index >= 15 is 0 Å². The first-order valence-electron chi connectivity index (χ1n) is 9.95. The summed E-state index contributed by atoms with van der Waals surface area (Å²) in [5.74, 6) is -0.863. The molecule has 3 heterocycles. The molecular weight excluding hydrogens is 382 g/mol. The van der Waals surface area contributed by atoms with Crippen LogP contribution in [-0.2, 0) is 28.4 Å². The summed E-state index contributed by atoms with van der Waals surface area (Å²) >= 11 is 0. The lowest BCUT2D eigenvalue weighted by atomic mass is 9.95. The van der Waals surface area contributed by atoms with Crippen LogP contribution >= 0.6 is 0 Å². The smallest absolute Gasteiger partial charge is 0.420 e. The number of carbonyl (C=O) groups excluding carboxylic acids is 2. The van der Waals surface area contributed by atoms with E-state index in [9.17, 15) is 9.59 Å². The van der Waals surface area contributed by atoms with Gasteiger partial charge in [0.15, 0.2) is 18.2 Å². The Kier molecular flexibility index (Phi) is 6.24. The lowest BCUT2D eigenvalue weighted by molar-refractivity contribution is -0.365. The van der Waals surface area contributed by atoms with Crippen LogP contribution in [0.25, 0.3) is 0 Å². The van der Waals surface area contributed by atoms with Crippen molar-refractivity contribution in [2.45, 2.75) is 89.5 Å². The van der Waals surface area contributed by atoms with Crippen molar-refractivity contribution < 1.29 is 38.0 Å². The SMILES string of the molecule is C=CCCCOC1O[C@@H]2COC(C)(C)O[C@H]2[C@@H]2OC(=O)N(C(=O)OC(C)(C)C)[C@H]12. The molecule has 2 amide bonds. The highest BCUT2D eigenvalue weighted by Crippen LogP contribution is 2.40. The van der Waals surface area contributed by atoms with E-state index in [0.29, 0.717) is 6.61 Å². The van der Waals surface area contributed by atoms with Crippen LogP contribution < -0.4 is 0 Å². The molecule has 3 saturated heterocycles. The van der Waals surface area contributed by atoms with Crippen LogP contribution in [0.5, 0.6) is 0 Å². The zero-order valence-corrected chi connectivity index (χ0v) is 17.7. The van der Waals surface area contributed by atoms with Crippen LogP contribution in [0.4, 0.5) is 9.59 Å². The maximum absolute atomic E-state index is 12.7. The van der Waals surface area contributed by atoms with Crippen molar-refractivity contribution in [1.29, 1.82) is 0 Å². The number of nitrogens with zero attached hydrogens (tertiary/aromatic N) is 1. The van der Waals surface area contributed by atoms with Crippen molar-refractivity contribution in [2.24, 2.45) is 0 Å². The largest absolute Gasteiger partial charge is 0.443 e. The number of hydrogen-bond donors (Lipinski definition) is 0. The van der Waals surface area contributed by atoms with Crippen molar-refractivity contribution in [3.63, 3.8) is 0 Å². The Hall–Kier alpha value is -1.68. The molecule has 0 aliphatic carbocycles. The number of hydrogen-bond acceptors (Lipinski definition) is 8. The lowest BCUT2D eigenvalue weighted by Crippen LogP contribution is -2.66. The number of unbranched alkanes of at least 4 members (excludes halogenated alkanes) is 1. The van der Waals surface area contributed by atoms with Gasteiger partial charge in [-0.15, -0.1) is 6.58 Å². The summed E-state index contributed by atoms with van der Waals surface area (Å²) in [7, 11) is 0. The molecule has 0 bridgehead atoms. The molecule has 0 aromatic carbocycles. The van der Waals surface area contributed by atoms with Gasteiger partial charge in [0, 0.05) is 0 Å². The third-order valence-corrected chi connectivity index (χ3v) is 4.79. The van der Waals surface area contributed by atoms with E-state index in [4.69, 9.17) is 28.4 Å². The Morgan fingerprint density at radius 1 is 1.34 bits per heavy atom. The third kappa shape index (κ3) is 4.91. The summed E-state index contributed by atoms with van der Waals surface area (Å²) in [6, 6.07) is -0.823. The standard InChI is InChI=1S/C20H31NO8/c1-7-8-9-10-24-16-13-15(14-12(26-16)11-25-20(5,6)28-14)27-17(22)21(13)18(23)29-19(2,3)4/h7,12-16H,1,8-11H2,2-6H3/t12-,13+,14-,15-,16?/m1/s1. The van der Waals surface area contributed by atoms with Crippen molar-refractivity contribution >= 4 is 12.2 Å². The third-order valence-electron chi connectivity index (χ3n) is 4.79. The van der Waals surface area contributed by atoms with Gasteiger partial charge in [-0.25, -0.2) is 9.59 Å². The second kappa shape index (κ2) is 8.22. The van der Waals surface area contributed by atoms with Crippen LogP contribution in [0.1, 0.15) is 47.5 Å². The molecule has 3 rings (SSSR count). The zero-order chi connectivity index (χ0) is 21.4. The summed E-state index contributed by atoms with van der Waals surface area (Å²) in [6.07, 6.45) is -0.999. The predicted octanol–water partition coefficient (Wildman–Crippen LogP) is 2.97. The van der Waals surface area contributed by atoms with Gasteiger partial charge in [-0.1, -0.05) is 6.08 Å². The van der Waals surface area contributed by atoms with Crippen molar-refractivity contribution in [1.82, 2.24) is 4.90 Å².